The number of halogens is 1. The second kappa shape index (κ2) is 9.80. The minimum absolute atomic E-state index is 0.0480. The number of carboxylic acid groups (broad SMARTS) is 1. The maximum Gasteiger partial charge on any atom is 0.323 e. The Morgan fingerprint density at radius 2 is 2.09 bits per heavy atom. The molecule has 4 N–H and O–H groups in total. The molecule has 3 aliphatic rings. The highest BCUT2D eigenvalue weighted by molar-refractivity contribution is 6.32. The molecule has 1 saturated heterocycles. The molecule has 1 unspecified atom stereocenters. The number of hydrogen-bond donors (Lipinski definition) is 4. The minimum Gasteiger partial charge on any atom is -0.490 e. The summed E-state index contributed by atoms with van der Waals surface area (Å²) in [5.74, 6) is -0.280. The van der Waals surface area contributed by atoms with Crippen molar-refractivity contribution in [3.05, 3.63) is 46.5 Å². The second-order valence-corrected chi connectivity index (χ2v) is 8.88. The van der Waals surface area contributed by atoms with Crippen molar-refractivity contribution in [2.45, 2.75) is 43.7 Å². The van der Waals surface area contributed by atoms with E-state index in [1.165, 1.54) is 0 Å². The molecule has 174 valence electrons. The highest BCUT2D eigenvalue weighted by Crippen LogP contribution is 2.37. The molecule has 0 amide bonds. The van der Waals surface area contributed by atoms with Gasteiger partial charge < -0.3 is 34.8 Å². The molecule has 9 heteroatoms. The van der Waals surface area contributed by atoms with Crippen LogP contribution in [0.4, 0.5) is 5.69 Å². The molecule has 5 atom stereocenters. The second-order valence-electron chi connectivity index (χ2n) is 8.48. The van der Waals surface area contributed by atoms with Gasteiger partial charge in [-0.05, 0) is 36.1 Å². The summed E-state index contributed by atoms with van der Waals surface area (Å²) in [4.78, 5) is 13.0. The molecule has 0 radical (unpaired) electrons. The quantitative estimate of drug-likeness (QED) is 0.498. The van der Waals surface area contributed by atoms with E-state index in [4.69, 9.17) is 21.1 Å². The summed E-state index contributed by atoms with van der Waals surface area (Å²) >= 11 is 6.50. The Morgan fingerprint density at radius 3 is 2.84 bits per heavy atom. The van der Waals surface area contributed by atoms with Gasteiger partial charge in [-0.1, -0.05) is 29.8 Å². The number of benzene rings is 1. The molecule has 1 fully saturated rings. The predicted octanol–water partition coefficient (Wildman–Crippen LogP) is 1.45. The Morgan fingerprint density at radius 1 is 1.28 bits per heavy atom. The largest absolute Gasteiger partial charge is 0.490 e. The lowest BCUT2D eigenvalue weighted by molar-refractivity contribution is -0.187. The molecule has 8 nitrogen and oxygen atoms in total. The monoisotopic (exact) mass is 465 g/mol. The fourth-order valence-corrected chi connectivity index (χ4v) is 4.79. The van der Waals surface area contributed by atoms with E-state index >= 15 is 0 Å². The molecule has 32 heavy (non-hydrogen) atoms. The smallest absolute Gasteiger partial charge is 0.323 e. The zero-order valence-electron chi connectivity index (χ0n) is 17.6. The molecule has 4 rings (SSSR count). The van der Waals surface area contributed by atoms with Gasteiger partial charge in [0.15, 0.2) is 0 Å². The van der Waals surface area contributed by atoms with Gasteiger partial charge in [0.05, 0.1) is 31.0 Å². The van der Waals surface area contributed by atoms with Gasteiger partial charge in [-0.25, -0.2) is 0 Å². The Kier molecular flexibility index (Phi) is 7.07. The van der Waals surface area contributed by atoms with Crippen molar-refractivity contribution in [3.8, 4) is 5.75 Å². The SMILES string of the molecule is O=C(O)CN1CCOc2ccc(CC3=CC([C@H]4C[C@@H](O)[C@H](O)[C@@H](CO)O4)CC=C3Cl)cc21. The fraction of sp³-hybridized carbons (Fsp3) is 0.522. The zero-order chi connectivity index (χ0) is 22.8. The number of ether oxygens (including phenoxy) is 2. The number of aliphatic hydroxyl groups is 3. The van der Waals surface area contributed by atoms with Crippen molar-refractivity contribution >= 4 is 23.3 Å². The lowest BCUT2D eigenvalue weighted by Gasteiger charge is -2.39. The number of hydrogen-bond acceptors (Lipinski definition) is 7. The summed E-state index contributed by atoms with van der Waals surface area (Å²) in [6.45, 7) is 0.494. The third-order valence-corrected chi connectivity index (χ3v) is 6.65. The lowest BCUT2D eigenvalue weighted by atomic mass is 9.84. The van der Waals surface area contributed by atoms with Crippen LogP contribution < -0.4 is 9.64 Å². The molecule has 0 aromatic heterocycles. The highest BCUT2D eigenvalue weighted by atomic mass is 35.5. The Labute approximate surface area is 191 Å². The van der Waals surface area contributed by atoms with E-state index in [1.807, 2.05) is 30.4 Å². The van der Waals surface area contributed by atoms with E-state index in [1.54, 1.807) is 4.90 Å². The molecule has 1 aliphatic carbocycles. The minimum atomic E-state index is -1.10. The predicted molar refractivity (Wildman–Crippen MR) is 118 cm³/mol. The summed E-state index contributed by atoms with van der Waals surface area (Å²) in [6, 6.07) is 5.73. The van der Waals surface area contributed by atoms with Crippen LogP contribution in [-0.4, -0.2) is 77.1 Å². The standard InChI is InChI=1S/C23H28ClNO7/c24-16-3-2-14(20-10-18(27)23(30)21(12-26)32-20)9-15(16)7-13-1-4-19-17(8-13)25(5-6-31-19)11-22(28)29/h1,3-4,8-9,14,18,20-21,23,26-27,30H,2,5-7,10-12H2,(H,28,29)/t14?,18-,20-,21-,23+/m1/s1. The summed E-state index contributed by atoms with van der Waals surface area (Å²) < 4.78 is 11.5. The zero-order valence-corrected chi connectivity index (χ0v) is 18.3. The average Bonchev–Trinajstić information content (AvgIpc) is 2.77. The molecule has 0 spiro atoms. The summed E-state index contributed by atoms with van der Waals surface area (Å²) in [5.41, 5.74) is 2.63. The summed E-state index contributed by atoms with van der Waals surface area (Å²) in [7, 11) is 0. The lowest BCUT2D eigenvalue weighted by Crippen LogP contribution is -2.51. The summed E-state index contributed by atoms with van der Waals surface area (Å²) in [5, 5.41) is 39.5. The molecule has 2 heterocycles. The van der Waals surface area contributed by atoms with Crippen LogP contribution in [0.2, 0.25) is 0 Å². The van der Waals surface area contributed by atoms with Gasteiger partial charge in [0, 0.05) is 17.4 Å². The first-order chi connectivity index (χ1) is 15.4. The van der Waals surface area contributed by atoms with Crippen LogP contribution in [0.5, 0.6) is 5.75 Å². The van der Waals surface area contributed by atoms with E-state index in [2.05, 4.69) is 0 Å². The Hall–Kier alpha value is -2.10. The van der Waals surface area contributed by atoms with Crippen LogP contribution in [0.3, 0.4) is 0 Å². The summed E-state index contributed by atoms with van der Waals surface area (Å²) in [6.07, 6.45) is 2.20. The van der Waals surface area contributed by atoms with Crippen LogP contribution >= 0.6 is 11.6 Å². The third kappa shape index (κ3) is 4.94. The topological polar surface area (TPSA) is 120 Å². The van der Waals surface area contributed by atoms with Crippen molar-refractivity contribution in [2.75, 3.05) is 31.2 Å². The number of carboxylic acids is 1. The van der Waals surface area contributed by atoms with Gasteiger partial charge in [0.2, 0.25) is 0 Å². The van der Waals surface area contributed by atoms with Gasteiger partial charge in [0.1, 0.15) is 31.1 Å². The van der Waals surface area contributed by atoms with Crippen LogP contribution in [0.1, 0.15) is 18.4 Å². The Bertz CT molecular complexity index is 918. The normalized spacial score (nSPS) is 30.1. The average molecular weight is 466 g/mol. The van der Waals surface area contributed by atoms with E-state index in [0.717, 1.165) is 16.8 Å². The number of rotatable bonds is 6. The molecule has 0 bridgehead atoms. The van der Waals surface area contributed by atoms with Crippen molar-refractivity contribution in [3.63, 3.8) is 0 Å². The van der Waals surface area contributed by atoms with Crippen molar-refractivity contribution in [1.29, 1.82) is 0 Å². The third-order valence-electron chi connectivity index (χ3n) is 6.25. The van der Waals surface area contributed by atoms with E-state index in [0.29, 0.717) is 36.8 Å². The van der Waals surface area contributed by atoms with Gasteiger partial charge in [0.25, 0.3) is 0 Å². The highest BCUT2D eigenvalue weighted by Gasteiger charge is 2.39. The van der Waals surface area contributed by atoms with Crippen LogP contribution in [0.25, 0.3) is 0 Å². The number of aliphatic hydroxyl groups excluding tert-OH is 3. The molecule has 1 aromatic rings. The van der Waals surface area contributed by atoms with Gasteiger partial charge in [-0.15, -0.1) is 0 Å². The number of aliphatic carboxylic acids is 1. The van der Waals surface area contributed by atoms with Gasteiger partial charge >= 0.3 is 5.97 Å². The van der Waals surface area contributed by atoms with E-state index in [9.17, 15) is 25.2 Å². The number of nitrogens with zero attached hydrogens (tertiary/aromatic N) is 1. The maximum atomic E-state index is 11.2. The fourth-order valence-electron chi connectivity index (χ4n) is 4.57. The van der Waals surface area contributed by atoms with Crippen molar-refractivity contribution in [1.82, 2.24) is 0 Å². The van der Waals surface area contributed by atoms with Gasteiger partial charge in [-0.3, -0.25) is 4.79 Å². The number of allylic oxidation sites excluding steroid dienone is 3. The van der Waals surface area contributed by atoms with E-state index in [-0.39, 0.29) is 31.6 Å². The molecular formula is C23H28ClNO7. The van der Waals surface area contributed by atoms with Crippen LogP contribution in [0, 0.1) is 5.92 Å². The number of fused-ring (bicyclic) bond motifs is 1. The van der Waals surface area contributed by atoms with Gasteiger partial charge in [-0.2, -0.15) is 0 Å². The number of carbonyl (C=O) groups is 1. The molecule has 2 aliphatic heterocycles. The maximum absolute atomic E-state index is 11.2. The molecule has 0 saturated carbocycles. The van der Waals surface area contributed by atoms with Crippen molar-refractivity contribution in [2.24, 2.45) is 5.92 Å². The first kappa shape index (κ1) is 23.1. The Balaban J connectivity index is 1.52. The van der Waals surface area contributed by atoms with E-state index < -0.39 is 24.3 Å². The van der Waals surface area contributed by atoms with Crippen LogP contribution in [-0.2, 0) is 16.0 Å². The first-order valence-electron chi connectivity index (χ1n) is 10.8. The van der Waals surface area contributed by atoms with Crippen molar-refractivity contribution < 1.29 is 34.7 Å². The molecule has 1 aromatic carbocycles. The number of anilines is 1. The first-order valence-corrected chi connectivity index (χ1v) is 11.1. The van der Waals surface area contributed by atoms with Crippen LogP contribution in [0.15, 0.2) is 41.0 Å². The molecular weight excluding hydrogens is 438 g/mol.